The van der Waals surface area contributed by atoms with E-state index in [0.717, 1.165) is 25.8 Å². The molecule has 17 heavy (non-hydrogen) atoms. The minimum atomic E-state index is -0.753. The molecule has 0 amide bonds. The van der Waals surface area contributed by atoms with Gasteiger partial charge < -0.3 is 5.11 Å². The minimum Gasteiger partial charge on any atom is -0.481 e. The van der Waals surface area contributed by atoms with Crippen molar-refractivity contribution in [2.24, 2.45) is 0 Å². The molecule has 0 fully saturated rings. The standard InChI is InChI=1S/C12H20N2O3/c1-2-7-13-9-10-14(12(13)17)8-5-3-4-6-11(15)16/h9-10H,2-8H2,1H3,(H,15,16). The number of rotatable bonds is 8. The number of carboxylic acid groups (broad SMARTS) is 1. The summed E-state index contributed by atoms with van der Waals surface area (Å²) in [4.78, 5) is 22.1. The number of aryl methyl sites for hydroxylation is 2. The van der Waals surface area contributed by atoms with Crippen LogP contribution in [0.2, 0.25) is 0 Å². The lowest BCUT2D eigenvalue weighted by atomic mass is 10.2. The van der Waals surface area contributed by atoms with E-state index in [2.05, 4.69) is 0 Å². The van der Waals surface area contributed by atoms with Crippen LogP contribution in [0.1, 0.15) is 39.0 Å². The van der Waals surface area contributed by atoms with Crippen LogP contribution < -0.4 is 5.69 Å². The van der Waals surface area contributed by atoms with Crippen molar-refractivity contribution in [3.63, 3.8) is 0 Å². The number of nitrogens with zero attached hydrogens (tertiary/aromatic N) is 2. The van der Waals surface area contributed by atoms with Gasteiger partial charge in [0.25, 0.3) is 0 Å². The third kappa shape index (κ3) is 4.46. The molecule has 1 aromatic rings. The summed E-state index contributed by atoms with van der Waals surface area (Å²) >= 11 is 0. The highest BCUT2D eigenvalue weighted by molar-refractivity contribution is 5.66. The molecule has 0 aliphatic carbocycles. The monoisotopic (exact) mass is 240 g/mol. The second kappa shape index (κ2) is 6.93. The van der Waals surface area contributed by atoms with Crippen LogP contribution in [-0.2, 0) is 17.9 Å². The molecule has 1 heterocycles. The first-order valence-corrected chi connectivity index (χ1v) is 6.12. The normalized spacial score (nSPS) is 10.6. The van der Waals surface area contributed by atoms with E-state index in [-0.39, 0.29) is 12.1 Å². The predicted molar refractivity (Wildman–Crippen MR) is 65.1 cm³/mol. The van der Waals surface area contributed by atoms with E-state index in [1.165, 1.54) is 0 Å². The molecular formula is C12H20N2O3. The SMILES string of the molecule is CCCn1ccn(CCCCCC(=O)O)c1=O. The van der Waals surface area contributed by atoms with E-state index < -0.39 is 5.97 Å². The molecule has 0 aliphatic heterocycles. The van der Waals surface area contributed by atoms with Crippen LogP contribution in [-0.4, -0.2) is 20.2 Å². The molecule has 0 aromatic carbocycles. The van der Waals surface area contributed by atoms with Gasteiger partial charge in [0.2, 0.25) is 0 Å². The van der Waals surface area contributed by atoms with Gasteiger partial charge in [-0.3, -0.25) is 13.9 Å². The maximum atomic E-state index is 11.8. The molecule has 0 saturated carbocycles. The van der Waals surface area contributed by atoms with Gasteiger partial charge in [-0.25, -0.2) is 4.79 Å². The van der Waals surface area contributed by atoms with Crippen molar-refractivity contribution in [2.75, 3.05) is 0 Å². The summed E-state index contributed by atoms with van der Waals surface area (Å²) in [5.41, 5.74) is 0.0325. The van der Waals surface area contributed by atoms with E-state index >= 15 is 0 Å². The van der Waals surface area contributed by atoms with Crippen LogP contribution in [0, 0.1) is 0 Å². The zero-order valence-corrected chi connectivity index (χ0v) is 10.3. The lowest BCUT2D eigenvalue weighted by Crippen LogP contribution is -2.24. The predicted octanol–water partition coefficient (Wildman–Crippen LogP) is 1.70. The number of unbranched alkanes of at least 4 members (excludes halogenated alkanes) is 2. The van der Waals surface area contributed by atoms with Gasteiger partial charge >= 0.3 is 11.7 Å². The molecule has 0 atom stereocenters. The number of aromatic nitrogens is 2. The molecule has 0 spiro atoms. The number of carbonyl (C=O) groups is 1. The molecule has 5 heteroatoms. The van der Waals surface area contributed by atoms with Gasteiger partial charge in [0, 0.05) is 31.9 Å². The van der Waals surface area contributed by atoms with Gasteiger partial charge in [0.15, 0.2) is 0 Å². The highest BCUT2D eigenvalue weighted by Crippen LogP contribution is 2.01. The third-order valence-electron chi connectivity index (χ3n) is 2.67. The molecule has 5 nitrogen and oxygen atoms in total. The van der Waals surface area contributed by atoms with Gasteiger partial charge in [-0.2, -0.15) is 0 Å². The maximum Gasteiger partial charge on any atom is 0.328 e. The van der Waals surface area contributed by atoms with E-state index in [1.807, 2.05) is 13.1 Å². The van der Waals surface area contributed by atoms with Crippen LogP contribution in [0.25, 0.3) is 0 Å². The van der Waals surface area contributed by atoms with Crippen molar-refractivity contribution in [1.29, 1.82) is 0 Å². The molecule has 1 N–H and O–H groups in total. The van der Waals surface area contributed by atoms with Gasteiger partial charge in [-0.15, -0.1) is 0 Å². The molecule has 0 unspecified atom stereocenters. The van der Waals surface area contributed by atoms with E-state index in [1.54, 1.807) is 15.3 Å². The number of carboxylic acids is 1. The molecule has 0 bridgehead atoms. The summed E-state index contributed by atoms with van der Waals surface area (Å²) in [6, 6.07) is 0. The largest absolute Gasteiger partial charge is 0.481 e. The van der Waals surface area contributed by atoms with Crippen LogP contribution in [0.4, 0.5) is 0 Å². The smallest absolute Gasteiger partial charge is 0.328 e. The topological polar surface area (TPSA) is 64.2 Å². The average molecular weight is 240 g/mol. The second-order valence-corrected chi connectivity index (χ2v) is 4.17. The average Bonchev–Trinajstić information content (AvgIpc) is 2.61. The molecule has 1 rings (SSSR count). The quantitative estimate of drug-likeness (QED) is 0.703. The van der Waals surface area contributed by atoms with Gasteiger partial charge in [-0.1, -0.05) is 13.3 Å². The zero-order valence-electron chi connectivity index (χ0n) is 10.3. The van der Waals surface area contributed by atoms with E-state index in [0.29, 0.717) is 13.0 Å². The Bertz CT molecular complexity index is 406. The third-order valence-corrected chi connectivity index (χ3v) is 2.67. The Hall–Kier alpha value is -1.52. The fourth-order valence-corrected chi connectivity index (χ4v) is 1.77. The van der Waals surface area contributed by atoms with Crippen LogP contribution in [0.3, 0.4) is 0 Å². The summed E-state index contributed by atoms with van der Waals surface area (Å²) in [7, 11) is 0. The molecular weight excluding hydrogens is 220 g/mol. The van der Waals surface area contributed by atoms with Crippen LogP contribution in [0.5, 0.6) is 0 Å². The van der Waals surface area contributed by atoms with Gasteiger partial charge in [0.05, 0.1) is 0 Å². The summed E-state index contributed by atoms with van der Waals surface area (Å²) < 4.78 is 3.40. The maximum absolute atomic E-state index is 11.8. The summed E-state index contributed by atoms with van der Waals surface area (Å²) in [6.07, 6.45) is 7.15. The van der Waals surface area contributed by atoms with Crippen molar-refractivity contribution in [3.8, 4) is 0 Å². The number of aliphatic carboxylic acids is 1. The van der Waals surface area contributed by atoms with Crippen molar-refractivity contribution in [1.82, 2.24) is 9.13 Å². The van der Waals surface area contributed by atoms with Crippen LogP contribution in [0.15, 0.2) is 17.2 Å². The Morgan fingerprint density at radius 3 is 2.41 bits per heavy atom. The Balaban J connectivity index is 2.32. The molecule has 1 aromatic heterocycles. The Labute approximate surface area is 101 Å². The molecule has 0 saturated heterocycles. The highest BCUT2D eigenvalue weighted by atomic mass is 16.4. The Kier molecular flexibility index (Phi) is 5.52. The Morgan fingerprint density at radius 2 is 1.82 bits per heavy atom. The lowest BCUT2D eigenvalue weighted by molar-refractivity contribution is -0.137. The molecule has 0 radical (unpaired) electrons. The van der Waals surface area contributed by atoms with Crippen molar-refractivity contribution < 1.29 is 9.90 Å². The first kappa shape index (κ1) is 13.5. The summed E-state index contributed by atoms with van der Waals surface area (Å²) in [6.45, 7) is 3.47. The first-order chi connectivity index (χ1) is 8.15. The fraction of sp³-hybridized carbons (Fsp3) is 0.667. The van der Waals surface area contributed by atoms with Gasteiger partial charge in [0.1, 0.15) is 0 Å². The first-order valence-electron chi connectivity index (χ1n) is 6.12. The Morgan fingerprint density at radius 1 is 1.18 bits per heavy atom. The summed E-state index contributed by atoms with van der Waals surface area (Å²) in [5, 5.41) is 8.48. The number of hydrogen-bond donors (Lipinski definition) is 1. The highest BCUT2D eigenvalue weighted by Gasteiger charge is 2.02. The molecule has 96 valence electrons. The minimum absolute atomic E-state index is 0.0325. The van der Waals surface area contributed by atoms with Crippen LogP contribution >= 0.6 is 0 Å². The molecule has 0 aliphatic rings. The van der Waals surface area contributed by atoms with Crippen molar-refractivity contribution in [2.45, 2.75) is 52.1 Å². The van der Waals surface area contributed by atoms with E-state index in [9.17, 15) is 9.59 Å². The summed E-state index contributed by atoms with van der Waals surface area (Å²) in [5.74, 6) is -0.753. The lowest BCUT2D eigenvalue weighted by Gasteiger charge is -2.01. The fourth-order valence-electron chi connectivity index (χ4n) is 1.77. The van der Waals surface area contributed by atoms with Crippen molar-refractivity contribution in [3.05, 3.63) is 22.9 Å². The van der Waals surface area contributed by atoms with E-state index in [4.69, 9.17) is 5.11 Å². The number of imidazole rings is 1. The number of hydrogen-bond acceptors (Lipinski definition) is 2. The second-order valence-electron chi connectivity index (χ2n) is 4.17. The van der Waals surface area contributed by atoms with Gasteiger partial charge in [-0.05, 0) is 19.3 Å². The zero-order chi connectivity index (χ0) is 12.7. The van der Waals surface area contributed by atoms with Crippen molar-refractivity contribution >= 4 is 5.97 Å².